The molecule has 0 aliphatic heterocycles. The van der Waals surface area contributed by atoms with Gasteiger partial charge < -0.3 is 10.8 Å². The van der Waals surface area contributed by atoms with Crippen LogP contribution in [0, 0.1) is 11.3 Å². The molecule has 0 heterocycles. The number of aliphatic carboxylic acids is 1. The summed E-state index contributed by atoms with van der Waals surface area (Å²) in [6.45, 7) is 1.13. The Balaban J connectivity index is 4.19. The third kappa shape index (κ3) is 1.21. The van der Waals surface area contributed by atoms with Crippen molar-refractivity contribution in [1.82, 2.24) is 0 Å². The predicted molar refractivity (Wildman–Crippen MR) is 25.8 cm³/mol. The van der Waals surface area contributed by atoms with E-state index in [1.54, 1.807) is 0 Å². The molecule has 0 aliphatic rings. The van der Waals surface area contributed by atoms with E-state index in [-0.39, 0.29) is 0 Å². The molecule has 0 rings (SSSR count). The molecule has 8 heavy (non-hydrogen) atoms. The van der Waals surface area contributed by atoms with E-state index in [9.17, 15) is 4.79 Å². The van der Waals surface area contributed by atoms with Gasteiger partial charge in [-0.3, -0.25) is 0 Å². The first kappa shape index (κ1) is 6.92. The minimum absolute atomic E-state index is 1.13. The summed E-state index contributed by atoms with van der Waals surface area (Å²) < 4.78 is 0. The van der Waals surface area contributed by atoms with Crippen LogP contribution < -0.4 is 5.73 Å². The number of nitrogens with two attached hydrogens (primary N) is 1. The minimum atomic E-state index is -1.74. The van der Waals surface area contributed by atoms with Crippen molar-refractivity contribution in [2.24, 2.45) is 5.73 Å². The number of hydrogen-bond donors (Lipinski definition) is 2. The number of nitriles is 1. The largest absolute Gasteiger partial charge is 0.479 e. The van der Waals surface area contributed by atoms with Crippen molar-refractivity contribution in [3.05, 3.63) is 0 Å². The summed E-state index contributed by atoms with van der Waals surface area (Å²) in [5.74, 6) is -1.31. The lowest BCUT2D eigenvalue weighted by atomic mass is 10.1. The number of carboxylic acid groups (broad SMARTS) is 1. The molecular formula is C4H6N2O2. The normalized spacial score (nSPS) is 16.1. The van der Waals surface area contributed by atoms with E-state index in [0.29, 0.717) is 0 Å². The van der Waals surface area contributed by atoms with E-state index < -0.39 is 11.5 Å². The fourth-order valence-electron chi connectivity index (χ4n) is 0.0478. The van der Waals surface area contributed by atoms with Crippen LogP contribution in [-0.2, 0) is 4.79 Å². The zero-order valence-corrected chi connectivity index (χ0v) is 4.38. The zero-order valence-electron chi connectivity index (χ0n) is 4.38. The summed E-state index contributed by atoms with van der Waals surface area (Å²) in [6.07, 6.45) is 0. The minimum Gasteiger partial charge on any atom is -0.479 e. The Bertz CT molecular complexity index is 145. The second-order valence-corrected chi connectivity index (χ2v) is 1.62. The first-order valence-electron chi connectivity index (χ1n) is 1.94. The molecule has 3 N–H and O–H groups in total. The number of hydrogen-bond acceptors (Lipinski definition) is 3. The molecule has 0 radical (unpaired) electrons. The van der Waals surface area contributed by atoms with Gasteiger partial charge >= 0.3 is 5.97 Å². The van der Waals surface area contributed by atoms with Gasteiger partial charge in [0.2, 0.25) is 0 Å². The summed E-state index contributed by atoms with van der Waals surface area (Å²) in [5.41, 5.74) is 3.16. The highest BCUT2D eigenvalue weighted by molar-refractivity contribution is 5.81. The quantitative estimate of drug-likeness (QED) is 0.472. The topological polar surface area (TPSA) is 87.1 Å². The summed E-state index contributed by atoms with van der Waals surface area (Å²) in [6, 6.07) is 1.42. The highest BCUT2D eigenvalue weighted by Crippen LogP contribution is 1.93. The van der Waals surface area contributed by atoms with Gasteiger partial charge in [0.15, 0.2) is 5.54 Å². The van der Waals surface area contributed by atoms with Crippen molar-refractivity contribution in [3.8, 4) is 6.07 Å². The summed E-state index contributed by atoms with van der Waals surface area (Å²) in [4.78, 5) is 9.90. The number of carbonyl (C=O) groups is 1. The van der Waals surface area contributed by atoms with Crippen LogP contribution in [0.15, 0.2) is 0 Å². The Morgan fingerprint density at radius 1 is 2.00 bits per heavy atom. The molecule has 0 aromatic rings. The third-order valence-electron chi connectivity index (χ3n) is 0.677. The first-order chi connectivity index (χ1) is 3.50. The molecule has 0 aliphatic carbocycles. The third-order valence-corrected chi connectivity index (χ3v) is 0.677. The van der Waals surface area contributed by atoms with Crippen molar-refractivity contribution in [2.45, 2.75) is 12.5 Å². The molecule has 44 valence electrons. The molecular weight excluding hydrogens is 108 g/mol. The molecule has 4 heteroatoms. The standard InChI is InChI=1S/C4H6N2O2/c1-4(6,2-5)3(7)8/h6H2,1H3,(H,7,8). The predicted octanol–water partition coefficient (Wildman–Crippen LogP) is -0.688. The fraction of sp³-hybridized carbons (Fsp3) is 0.500. The van der Waals surface area contributed by atoms with Crippen LogP contribution >= 0.6 is 0 Å². The van der Waals surface area contributed by atoms with E-state index >= 15 is 0 Å². The fourth-order valence-corrected chi connectivity index (χ4v) is 0.0478. The van der Waals surface area contributed by atoms with Crippen LogP contribution in [-0.4, -0.2) is 16.6 Å². The SMILES string of the molecule is CC(N)(C#N)C(=O)O. The van der Waals surface area contributed by atoms with E-state index in [2.05, 4.69) is 0 Å². The Morgan fingerprint density at radius 2 is 2.38 bits per heavy atom. The Hall–Kier alpha value is -1.08. The van der Waals surface area contributed by atoms with Crippen LogP contribution in [0.5, 0.6) is 0 Å². The monoisotopic (exact) mass is 114 g/mol. The Morgan fingerprint density at radius 3 is 2.38 bits per heavy atom. The van der Waals surface area contributed by atoms with E-state index in [1.165, 1.54) is 6.07 Å². The Kier molecular flexibility index (Phi) is 1.56. The van der Waals surface area contributed by atoms with Crippen molar-refractivity contribution >= 4 is 5.97 Å². The second-order valence-electron chi connectivity index (χ2n) is 1.62. The van der Waals surface area contributed by atoms with E-state index in [0.717, 1.165) is 6.92 Å². The van der Waals surface area contributed by atoms with Crippen LogP contribution in [0.3, 0.4) is 0 Å². The molecule has 0 saturated carbocycles. The van der Waals surface area contributed by atoms with Gasteiger partial charge in [0.1, 0.15) is 0 Å². The highest BCUT2D eigenvalue weighted by atomic mass is 16.4. The Labute approximate surface area is 46.5 Å². The lowest BCUT2D eigenvalue weighted by Crippen LogP contribution is -2.42. The van der Waals surface area contributed by atoms with Gasteiger partial charge in [-0.25, -0.2) is 4.79 Å². The zero-order chi connectivity index (χ0) is 6.78. The maximum Gasteiger partial charge on any atom is 0.338 e. The van der Waals surface area contributed by atoms with Crippen molar-refractivity contribution in [1.29, 1.82) is 5.26 Å². The van der Waals surface area contributed by atoms with Gasteiger partial charge in [-0.2, -0.15) is 5.26 Å². The number of carboxylic acids is 1. The van der Waals surface area contributed by atoms with Crippen LogP contribution in [0.25, 0.3) is 0 Å². The number of nitrogens with zero attached hydrogens (tertiary/aromatic N) is 1. The summed E-state index contributed by atoms with van der Waals surface area (Å²) in [5, 5.41) is 16.1. The maximum atomic E-state index is 9.90. The van der Waals surface area contributed by atoms with Gasteiger partial charge in [-0.15, -0.1) is 0 Å². The molecule has 4 nitrogen and oxygen atoms in total. The molecule has 0 aromatic heterocycles. The molecule has 1 unspecified atom stereocenters. The number of rotatable bonds is 1. The van der Waals surface area contributed by atoms with Crippen LogP contribution in [0.2, 0.25) is 0 Å². The molecule has 0 amide bonds. The molecule has 1 atom stereocenters. The average Bonchev–Trinajstić information content (AvgIpc) is 1.67. The lowest BCUT2D eigenvalue weighted by molar-refractivity contribution is -0.140. The van der Waals surface area contributed by atoms with Crippen molar-refractivity contribution < 1.29 is 9.90 Å². The van der Waals surface area contributed by atoms with Gasteiger partial charge in [-0.1, -0.05) is 0 Å². The molecule has 0 saturated heterocycles. The van der Waals surface area contributed by atoms with E-state index in [1.807, 2.05) is 0 Å². The highest BCUT2D eigenvalue weighted by Gasteiger charge is 2.26. The average molecular weight is 114 g/mol. The van der Waals surface area contributed by atoms with Gasteiger partial charge in [-0.05, 0) is 6.92 Å². The smallest absolute Gasteiger partial charge is 0.338 e. The van der Waals surface area contributed by atoms with Crippen molar-refractivity contribution in [3.63, 3.8) is 0 Å². The van der Waals surface area contributed by atoms with Gasteiger partial charge in [0.05, 0.1) is 6.07 Å². The van der Waals surface area contributed by atoms with Crippen LogP contribution in [0.4, 0.5) is 0 Å². The van der Waals surface area contributed by atoms with Gasteiger partial charge in [0, 0.05) is 0 Å². The maximum absolute atomic E-state index is 9.90. The van der Waals surface area contributed by atoms with Crippen LogP contribution in [0.1, 0.15) is 6.92 Å². The van der Waals surface area contributed by atoms with Crippen molar-refractivity contribution in [2.75, 3.05) is 0 Å². The molecule has 0 bridgehead atoms. The summed E-state index contributed by atoms with van der Waals surface area (Å²) >= 11 is 0. The van der Waals surface area contributed by atoms with Gasteiger partial charge in [0.25, 0.3) is 0 Å². The molecule has 0 aromatic carbocycles. The molecule has 0 fully saturated rings. The lowest BCUT2D eigenvalue weighted by Gasteiger charge is -2.05. The second kappa shape index (κ2) is 1.80. The molecule has 0 spiro atoms. The van der Waals surface area contributed by atoms with E-state index in [4.69, 9.17) is 16.1 Å². The summed E-state index contributed by atoms with van der Waals surface area (Å²) in [7, 11) is 0. The first-order valence-corrected chi connectivity index (χ1v) is 1.94.